The number of carbonyl (C=O) groups is 1. The predicted octanol–water partition coefficient (Wildman–Crippen LogP) is 4.46. The second-order valence-electron chi connectivity index (χ2n) is 8.08. The molecule has 0 saturated carbocycles. The fourth-order valence-electron chi connectivity index (χ4n) is 4.20. The normalized spacial score (nSPS) is 16.6. The Labute approximate surface area is 187 Å². The van der Waals surface area contributed by atoms with Crippen molar-refractivity contribution in [2.24, 2.45) is 0 Å². The molecule has 2 aliphatic rings. The van der Waals surface area contributed by atoms with Gasteiger partial charge in [0.2, 0.25) is 9.84 Å². The number of hydrogen-bond donors (Lipinski definition) is 3. The zero-order valence-corrected chi connectivity index (χ0v) is 18.4. The minimum Gasteiger partial charge on any atom is -0.331 e. The summed E-state index contributed by atoms with van der Waals surface area (Å²) in [7, 11) is -3.60. The first-order valence-corrected chi connectivity index (χ1v) is 12.0. The van der Waals surface area contributed by atoms with Crippen LogP contribution in [-0.2, 0) is 22.9 Å². The number of carbonyl (C=O) groups excluding carboxylic acids is 1. The lowest BCUT2D eigenvalue weighted by atomic mass is 10.1. The maximum absolute atomic E-state index is 13.1. The van der Waals surface area contributed by atoms with Gasteiger partial charge in [0.1, 0.15) is 0 Å². The molecule has 2 amide bonds. The van der Waals surface area contributed by atoms with Gasteiger partial charge in [-0.1, -0.05) is 42.5 Å². The van der Waals surface area contributed by atoms with E-state index in [0.29, 0.717) is 21.7 Å². The first kappa shape index (κ1) is 20.5. The highest BCUT2D eigenvalue weighted by Crippen LogP contribution is 2.40. The predicted molar refractivity (Wildman–Crippen MR) is 125 cm³/mol. The van der Waals surface area contributed by atoms with Crippen LogP contribution in [-0.4, -0.2) is 14.4 Å². The van der Waals surface area contributed by atoms with Gasteiger partial charge in [0.05, 0.1) is 15.8 Å². The van der Waals surface area contributed by atoms with Crippen LogP contribution in [0.15, 0.2) is 71.6 Å². The molecule has 0 radical (unpaired) electrons. The Morgan fingerprint density at radius 2 is 1.75 bits per heavy atom. The maximum Gasteiger partial charge on any atom is 0.319 e. The van der Waals surface area contributed by atoms with Crippen molar-refractivity contribution in [3.63, 3.8) is 0 Å². The molecule has 0 unspecified atom stereocenters. The molecule has 0 saturated heterocycles. The van der Waals surface area contributed by atoms with Crippen LogP contribution in [0.25, 0.3) is 11.0 Å². The van der Waals surface area contributed by atoms with Crippen LogP contribution in [0.5, 0.6) is 0 Å². The van der Waals surface area contributed by atoms with E-state index in [-0.39, 0.29) is 17.0 Å². The van der Waals surface area contributed by atoms with E-state index in [2.05, 4.69) is 16.0 Å². The summed E-state index contributed by atoms with van der Waals surface area (Å²) in [5.41, 5.74) is 5.12. The van der Waals surface area contributed by atoms with E-state index < -0.39 is 9.84 Å². The number of anilines is 1. The molecule has 3 aromatic rings. The average Bonchev–Trinajstić information content (AvgIpc) is 3.35. The van der Waals surface area contributed by atoms with Gasteiger partial charge >= 0.3 is 6.03 Å². The second-order valence-corrected chi connectivity index (χ2v) is 9.97. The van der Waals surface area contributed by atoms with E-state index >= 15 is 0 Å². The molecular weight excluding hydrogens is 422 g/mol. The molecular formula is C25H23N3O3S. The van der Waals surface area contributed by atoms with Gasteiger partial charge in [-0.2, -0.15) is 0 Å². The van der Waals surface area contributed by atoms with Crippen LogP contribution < -0.4 is 16.0 Å². The lowest BCUT2D eigenvalue weighted by Crippen LogP contribution is -2.31. The van der Waals surface area contributed by atoms with Crippen LogP contribution in [0.3, 0.4) is 0 Å². The number of sulfone groups is 1. The number of benzene rings is 3. The molecule has 162 valence electrons. The molecule has 2 heterocycles. The third-order valence-corrected chi connectivity index (χ3v) is 7.79. The second kappa shape index (κ2) is 7.93. The summed E-state index contributed by atoms with van der Waals surface area (Å²) >= 11 is 0. The molecule has 7 heteroatoms. The Hall–Kier alpha value is -3.42. The number of rotatable bonds is 4. The summed E-state index contributed by atoms with van der Waals surface area (Å²) < 4.78 is 26.3. The number of nitrogens with one attached hydrogen (secondary N) is 3. The summed E-state index contributed by atoms with van der Waals surface area (Å²) in [6, 6.07) is 19.8. The van der Waals surface area contributed by atoms with E-state index in [1.165, 1.54) is 5.56 Å². The number of fused-ring (bicyclic) bond motifs is 2. The lowest BCUT2D eigenvalue weighted by Gasteiger charge is -2.15. The number of urea groups is 1. The zero-order valence-electron chi connectivity index (χ0n) is 17.6. The molecule has 0 bridgehead atoms. The van der Waals surface area contributed by atoms with Gasteiger partial charge < -0.3 is 16.0 Å². The van der Waals surface area contributed by atoms with Crippen molar-refractivity contribution in [3.05, 3.63) is 94.5 Å². The Morgan fingerprint density at radius 3 is 2.56 bits per heavy atom. The van der Waals surface area contributed by atoms with E-state index in [0.717, 1.165) is 24.2 Å². The van der Waals surface area contributed by atoms with Crippen molar-refractivity contribution in [1.82, 2.24) is 10.6 Å². The van der Waals surface area contributed by atoms with Crippen molar-refractivity contribution in [3.8, 4) is 0 Å². The minimum absolute atomic E-state index is 0.160. The quantitative estimate of drug-likeness (QED) is 0.553. The minimum atomic E-state index is -3.60. The first-order valence-electron chi connectivity index (χ1n) is 10.5. The SMILES string of the molecule is C[C@H](NC(=O)Nc1ccc2c(c1)C=C(c1ccc3c(c1)CNC3)S2(=O)=O)c1ccccc1. The van der Waals surface area contributed by atoms with Gasteiger partial charge in [-0.15, -0.1) is 0 Å². The van der Waals surface area contributed by atoms with Crippen LogP contribution in [0.4, 0.5) is 10.5 Å². The largest absolute Gasteiger partial charge is 0.331 e. The van der Waals surface area contributed by atoms with Crippen molar-refractivity contribution in [2.75, 3.05) is 5.32 Å². The van der Waals surface area contributed by atoms with Crippen LogP contribution in [0.2, 0.25) is 0 Å². The third kappa shape index (κ3) is 3.70. The highest BCUT2D eigenvalue weighted by atomic mass is 32.2. The van der Waals surface area contributed by atoms with E-state index in [4.69, 9.17) is 0 Å². The molecule has 0 aliphatic carbocycles. The van der Waals surface area contributed by atoms with Crippen molar-refractivity contribution >= 4 is 32.5 Å². The lowest BCUT2D eigenvalue weighted by molar-refractivity contribution is 0.249. The molecule has 1 atom stereocenters. The molecule has 6 nitrogen and oxygen atoms in total. The monoisotopic (exact) mass is 445 g/mol. The number of hydrogen-bond acceptors (Lipinski definition) is 4. The standard InChI is InChI=1S/C25H23N3O3S/c1-16(17-5-3-2-4-6-17)27-25(29)28-22-9-10-23-20(12-22)13-24(32(23,30)31)18-7-8-19-14-26-15-21(19)11-18/h2-13,16,26H,14-15H2,1H3,(H2,27,28,29)/t16-/m0/s1. The van der Waals surface area contributed by atoms with Gasteiger partial charge in [-0.25, -0.2) is 13.2 Å². The fourth-order valence-corrected chi connectivity index (χ4v) is 5.83. The topological polar surface area (TPSA) is 87.3 Å². The first-order chi connectivity index (χ1) is 15.4. The molecule has 0 aromatic heterocycles. The maximum atomic E-state index is 13.1. The van der Waals surface area contributed by atoms with Crippen molar-refractivity contribution < 1.29 is 13.2 Å². The van der Waals surface area contributed by atoms with Crippen molar-refractivity contribution in [1.29, 1.82) is 0 Å². The Bertz CT molecular complexity index is 1350. The summed E-state index contributed by atoms with van der Waals surface area (Å²) in [4.78, 5) is 13.0. The van der Waals surface area contributed by atoms with E-state index in [1.807, 2.05) is 55.5 Å². The highest BCUT2D eigenvalue weighted by molar-refractivity contribution is 8.01. The highest BCUT2D eigenvalue weighted by Gasteiger charge is 2.31. The molecule has 32 heavy (non-hydrogen) atoms. The van der Waals surface area contributed by atoms with Crippen molar-refractivity contribution in [2.45, 2.75) is 31.0 Å². The molecule has 3 aromatic carbocycles. The van der Waals surface area contributed by atoms with Crippen LogP contribution in [0, 0.1) is 0 Å². The van der Waals surface area contributed by atoms with Crippen LogP contribution in [0.1, 0.15) is 40.8 Å². The molecule has 3 N–H and O–H groups in total. The average molecular weight is 446 g/mol. The summed E-state index contributed by atoms with van der Waals surface area (Å²) in [5, 5.41) is 8.98. The third-order valence-electron chi connectivity index (χ3n) is 5.90. The molecule has 0 fully saturated rings. The fraction of sp³-hybridized carbons (Fsp3) is 0.160. The summed E-state index contributed by atoms with van der Waals surface area (Å²) in [6.07, 6.45) is 1.68. The number of amides is 2. The van der Waals surface area contributed by atoms with Gasteiger partial charge in [0, 0.05) is 18.8 Å². The summed E-state index contributed by atoms with van der Waals surface area (Å²) in [5.74, 6) is 0. The van der Waals surface area contributed by atoms with Gasteiger partial charge in [0.25, 0.3) is 0 Å². The molecule has 2 aliphatic heterocycles. The zero-order chi connectivity index (χ0) is 22.3. The molecule has 0 spiro atoms. The van der Waals surface area contributed by atoms with Gasteiger partial charge in [0.15, 0.2) is 0 Å². The Morgan fingerprint density at radius 1 is 0.969 bits per heavy atom. The van der Waals surface area contributed by atoms with E-state index in [1.54, 1.807) is 24.3 Å². The van der Waals surface area contributed by atoms with Gasteiger partial charge in [-0.05, 0) is 65.1 Å². The van der Waals surface area contributed by atoms with E-state index in [9.17, 15) is 13.2 Å². The molecule has 5 rings (SSSR count). The van der Waals surface area contributed by atoms with Crippen LogP contribution >= 0.6 is 0 Å². The van der Waals surface area contributed by atoms with Gasteiger partial charge in [-0.3, -0.25) is 0 Å². The Balaban J connectivity index is 1.37. The smallest absolute Gasteiger partial charge is 0.319 e. The Kier molecular flexibility index (Phi) is 5.07. The summed E-state index contributed by atoms with van der Waals surface area (Å²) in [6.45, 7) is 3.46.